The molecular weight excluding hydrogens is 406 g/mol. The minimum atomic E-state index is -0.247. The van der Waals surface area contributed by atoms with Gasteiger partial charge in [-0.15, -0.1) is 0 Å². The molecule has 1 aliphatic carbocycles. The second-order valence-corrected chi connectivity index (χ2v) is 7.86. The molecule has 0 spiro atoms. The molecule has 1 saturated heterocycles. The number of anilines is 1. The van der Waals surface area contributed by atoms with Crippen LogP contribution in [0.2, 0.25) is 5.02 Å². The number of halogens is 1. The number of carbonyl (C=O) groups is 3. The zero-order chi connectivity index (χ0) is 21.3. The average molecular weight is 428 g/mol. The molecule has 0 radical (unpaired) electrons. The van der Waals surface area contributed by atoms with Crippen molar-refractivity contribution in [1.29, 1.82) is 0 Å². The lowest BCUT2D eigenvalue weighted by Gasteiger charge is -2.25. The quantitative estimate of drug-likeness (QED) is 0.710. The summed E-state index contributed by atoms with van der Waals surface area (Å²) in [5, 5.41) is 0.578. The van der Waals surface area contributed by atoms with E-state index in [9.17, 15) is 14.4 Å². The average Bonchev–Trinajstić information content (AvgIpc) is 3.53. The van der Waals surface area contributed by atoms with E-state index in [4.69, 9.17) is 16.3 Å². The van der Waals surface area contributed by atoms with E-state index in [1.54, 1.807) is 65.4 Å². The molecule has 3 amide bonds. The maximum atomic E-state index is 13.0. The molecule has 2 fully saturated rings. The molecule has 1 heterocycles. The summed E-state index contributed by atoms with van der Waals surface area (Å²) in [6, 6.07) is 13.9. The predicted octanol–water partition coefficient (Wildman–Crippen LogP) is 2.79. The van der Waals surface area contributed by atoms with Gasteiger partial charge in [0.2, 0.25) is 11.8 Å². The molecular formula is C22H22ClN3O4. The van der Waals surface area contributed by atoms with Gasteiger partial charge in [-0.25, -0.2) is 0 Å². The highest BCUT2D eigenvalue weighted by atomic mass is 35.5. The Balaban J connectivity index is 1.45. The van der Waals surface area contributed by atoms with Gasteiger partial charge in [-0.05, 0) is 55.3 Å². The largest absolute Gasteiger partial charge is 0.497 e. The van der Waals surface area contributed by atoms with Crippen molar-refractivity contribution >= 4 is 35.0 Å². The topological polar surface area (TPSA) is 70.2 Å². The molecule has 2 aromatic carbocycles. The van der Waals surface area contributed by atoms with E-state index >= 15 is 0 Å². The highest BCUT2D eigenvalue weighted by Gasteiger charge is 2.38. The number of nitrogens with zero attached hydrogens (tertiary/aromatic N) is 3. The fourth-order valence-corrected chi connectivity index (χ4v) is 3.61. The summed E-state index contributed by atoms with van der Waals surface area (Å²) >= 11 is 5.91. The zero-order valence-corrected chi connectivity index (χ0v) is 17.3. The molecule has 1 aliphatic heterocycles. The number of methoxy groups -OCH3 is 1. The third-order valence-corrected chi connectivity index (χ3v) is 5.55. The van der Waals surface area contributed by atoms with Gasteiger partial charge in [0.15, 0.2) is 0 Å². The Hall–Kier alpha value is -3.06. The van der Waals surface area contributed by atoms with Crippen LogP contribution in [-0.4, -0.2) is 60.4 Å². The highest BCUT2D eigenvalue weighted by Crippen LogP contribution is 2.29. The van der Waals surface area contributed by atoms with Crippen molar-refractivity contribution in [3.8, 4) is 5.75 Å². The maximum Gasteiger partial charge on any atom is 0.254 e. The molecule has 8 heteroatoms. The lowest BCUT2D eigenvalue weighted by molar-refractivity contribution is -0.132. The molecule has 7 nitrogen and oxygen atoms in total. The molecule has 1 saturated carbocycles. The number of hydrogen-bond donors (Lipinski definition) is 0. The number of carbonyl (C=O) groups excluding carboxylic acids is 3. The van der Waals surface area contributed by atoms with E-state index in [0.29, 0.717) is 22.0 Å². The summed E-state index contributed by atoms with van der Waals surface area (Å²) in [7, 11) is 1.54. The summed E-state index contributed by atoms with van der Waals surface area (Å²) < 4.78 is 5.20. The lowest BCUT2D eigenvalue weighted by atomic mass is 10.2. The van der Waals surface area contributed by atoms with Gasteiger partial charge in [-0.1, -0.05) is 17.7 Å². The van der Waals surface area contributed by atoms with Crippen molar-refractivity contribution in [3.63, 3.8) is 0 Å². The predicted molar refractivity (Wildman–Crippen MR) is 113 cm³/mol. The second-order valence-electron chi connectivity index (χ2n) is 7.43. The smallest absolute Gasteiger partial charge is 0.254 e. The van der Waals surface area contributed by atoms with Gasteiger partial charge in [0.25, 0.3) is 5.91 Å². The van der Waals surface area contributed by atoms with Crippen LogP contribution in [0.3, 0.4) is 0 Å². The first-order valence-electron chi connectivity index (χ1n) is 9.75. The van der Waals surface area contributed by atoms with Crippen LogP contribution in [0.4, 0.5) is 5.69 Å². The van der Waals surface area contributed by atoms with Crippen molar-refractivity contribution < 1.29 is 19.1 Å². The van der Waals surface area contributed by atoms with Crippen molar-refractivity contribution in [3.05, 3.63) is 59.1 Å². The van der Waals surface area contributed by atoms with E-state index in [1.807, 2.05) is 0 Å². The van der Waals surface area contributed by atoms with E-state index < -0.39 is 0 Å². The van der Waals surface area contributed by atoms with Crippen molar-refractivity contribution in [2.24, 2.45) is 0 Å². The lowest BCUT2D eigenvalue weighted by Crippen LogP contribution is -2.43. The maximum absolute atomic E-state index is 13.0. The van der Waals surface area contributed by atoms with Gasteiger partial charge in [-0.3, -0.25) is 19.3 Å². The van der Waals surface area contributed by atoms with E-state index in [1.165, 1.54) is 4.90 Å². The van der Waals surface area contributed by atoms with Gasteiger partial charge < -0.3 is 14.5 Å². The van der Waals surface area contributed by atoms with E-state index in [0.717, 1.165) is 12.8 Å². The number of ether oxygens (including phenoxy) is 1. The van der Waals surface area contributed by atoms with Gasteiger partial charge in [0.05, 0.1) is 7.11 Å². The first kappa shape index (κ1) is 20.2. The summed E-state index contributed by atoms with van der Waals surface area (Å²) in [6.07, 6.45) is 1.75. The molecule has 30 heavy (non-hydrogen) atoms. The first-order chi connectivity index (χ1) is 14.5. The standard InChI is InChI=1S/C22H22ClN3O4/c1-30-19-4-2-3-15(11-19)22(29)25(17-9-10-17)13-20(27)24-12-21(28)26(14-24)18-7-5-16(23)6-8-18/h2-8,11,17H,9-10,12-14H2,1H3. The Morgan fingerprint density at radius 2 is 1.90 bits per heavy atom. The van der Waals surface area contributed by atoms with Gasteiger partial charge in [0.1, 0.15) is 25.5 Å². The van der Waals surface area contributed by atoms with Crippen LogP contribution >= 0.6 is 11.6 Å². The monoisotopic (exact) mass is 427 g/mol. The fourth-order valence-electron chi connectivity index (χ4n) is 3.48. The minimum Gasteiger partial charge on any atom is -0.497 e. The summed E-state index contributed by atoms with van der Waals surface area (Å²) in [5.41, 5.74) is 1.17. The summed E-state index contributed by atoms with van der Waals surface area (Å²) in [4.78, 5) is 43.0. The second kappa shape index (κ2) is 8.36. The molecule has 156 valence electrons. The number of amides is 3. The number of hydrogen-bond acceptors (Lipinski definition) is 4. The van der Waals surface area contributed by atoms with Crippen LogP contribution in [0, 0.1) is 0 Å². The number of benzene rings is 2. The molecule has 0 unspecified atom stereocenters. The van der Waals surface area contributed by atoms with Crippen LogP contribution < -0.4 is 9.64 Å². The molecule has 0 N–H and O–H groups in total. The Bertz CT molecular complexity index is 975. The molecule has 4 rings (SSSR count). The van der Waals surface area contributed by atoms with E-state index in [-0.39, 0.29) is 43.5 Å². The van der Waals surface area contributed by atoms with Gasteiger partial charge >= 0.3 is 0 Å². The summed E-state index contributed by atoms with van der Waals surface area (Å²) in [5.74, 6) is -0.0257. The molecule has 2 aliphatic rings. The van der Waals surface area contributed by atoms with Crippen molar-refractivity contribution in [2.75, 3.05) is 31.8 Å². The van der Waals surface area contributed by atoms with Crippen molar-refractivity contribution in [1.82, 2.24) is 9.80 Å². The SMILES string of the molecule is COc1cccc(C(=O)N(CC(=O)N2CC(=O)N(c3ccc(Cl)cc3)C2)C2CC2)c1. The fraction of sp³-hybridized carbons (Fsp3) is 0.318. The van der Waals surface area contributed by atoms with Crippen LogP contribution in [0.15, 0.2) is 48.5 Å². The first-order valence-corrected chi connectivity index (χ1v) is 10.1. The molecule has 2 aromatic rings. The van der Waals surface area contributed by atoms with Gasteiger partial charge in [0, 0.05) is 22.3 Å². The summed E-state index contributed by atoms with van der Waals surface area (Å²) in [6.45, 7) is 0.0981. The van der Waals surface area contributed by atoms with Crippen LogP contribution in [0.5, 0.6) is 5.75 Å². The molecule has 0 aromatic heterocycles. The minimum absolute atomic E-state index is 0.00663. The Morgan fingerprint density at radius 3 is 2.57 bits per heavy atom. The highest BCUT2D eigenvalue weighted by molar-refractivity contribution is 6.30. The third-order valence-electron chi connectivity index (χ3n) is 5.30. The zero-order valence-electron chi connectivity index (χ0n) is 16.6. The van der Waals surface area contributed by atoms with Gasteiger partial charge in [-0.2, -0.15) is 0 Å². The van der Waals surface area contributed by atoms with E-state index in [2.05, 4.69) is 0 Å². The van der Waals surface area contributed by atoms with Crippen LogP contribution in [-0.2, 0) is 9.59 Å². The van der Waals surface area contributed by atoms with Crippen LogP contribution in [0.1, 0.15) is 23.2 Å². The Labute approximate surface area is 179 Å². The third kappa shape index (κ3) is 4.26. The normalized spacial score (nSPS) is 16.0. The number of rotatable bonds is 6. The van der Waals surface area contributed by atoms with Crippen molar-refractivity contribution in [2.45, 2.75) is 18.9 Å². The Morgan fingerprint density at radius 1 is 1.17 bits per heavy atom. The Kier molecular flexibility index (Phi) is 5.63. The molecule has 0 atom stereocenters. The van der Waals surface area contributed by atoms with Crippen LogP contribution in [0.25, 0.3) is 0 Å². The molecule has 0 bridgehead atoms.